The molecule has 0 aliphatic heterocycles. The van der Waals surface area contributed by atoms with Crippen molar-refractivity contribution >= 4 is 11.5 Å². The highest BCUT2D eigenvalue weighted by Gasteiger charge is 2.36. The Morgan fingerprint density at radius 1 is 0.848 bits per heavy atom. The van der Waals surface area contributed by atoms with E-state index in [-0.39, 0.29) is 34.4 Å². The first-order valence-corrected chi connectivity index (χ1v) is 8.89. The van der Waals surface area contributed by atoms with Crippen molar-refractivity contribution in [1.82, 2.24) is 25.7 Å². The number of fused-ring (bicyclic) bond motifs is 1. The zero-order valence-electron chi connectivity index (χ0n) is 16.5. The molecule has 170 valence electrons. The molecule has 4 aromatic rings. The molecule has 0 bridgehead atoms. The first-order chi connectivity index (χ1) is 15.0. The summed E-state index contributed by atoms with van der Waals surface area (Å²) in [6, 6.07) is 7.50. The minimum Gasteiger partial charge on any atom is -0.384 e. The summed E-state index contributed by atoms with van der Waals surface area (Å²) >= 11 is 0. The molecule has 0 unspecified atom stereocenters. The van der Waals surface area contributed by atoms with Crippen LogP contribution in [0.4, 0.5) is 32.2 Å². The second-order valence-electron chi connectivity index (χ2n) is 6.61. The largest absolute Gasteiger partial charge is 0.433 e. The van der Waals surface area contributed by atoms with Crippen molar-refractivity contribution < 1.29 is 26.3 Å². The minimum atomic E-state index is -4.79. The maximum absolute atomic E-state index is 13.6. The summed E-state index contributed by atoms with van der Waals surface area (Å²) in [5.74, 6) is 5.72. The van der Waals surface area contributed by atoms with Crippen LogP contribution in [-0.4, -0.2) is 19.6 Å². The van der Waals surface area contributed by atoms with Crippen LogP contribution in [0.15, 0.2) is 54.9 Å². The number of benzene rings is 1. The Labute approximate surface area is 182 Å². The fourth-order valence-electron chi connectivity index (χ4n) is 2.85. The van der Waals surface area contributed by atoms with E-state index >= 15 is 0 Å². The summed E-state index contributed by atoms with van der Waals surface area (Å²) in [4.78, 5) is 8.05. The van der Waals surface area contributed by atoms with Crippen LogP contribution in [0.25, 0.3) is 16.9 Å². The molecule has 3 aromatic heterocycles. The molecule has 0 aliphatic carbocycles. The van der Waals surface area contributed by atoms with Gasteiger partial charge in [0.05, 0.1) is 23.0 Å². The van der Waals surface area contributed by atoms with E-state index in [1.807, 2.05) is 0 Å². The Balaban J connectivity index is 0.00000306. The van der Waals surface area contributed by atoms with Gasteiger partial charge in [-0.1, -0.05) is 24.0 Å². The van der Waals surface area contributed by atoms with Crippen molar-refractivity contribution in [3.05, 3.63) is 77.2 Å². The lowest BCUT2D eigenvalue weighted by Gasteiger charge is -2.12. The van der Waals surface area contributed by atoms with Gasteiger partial charge in [-0.2, -0.15) is 31.4 Å². The molecule has 0 radical (unpaired) electrons. The summed E-state index contributed by atoms with van der Waals surface area (Å²) in [7, 11) is 0. The van der Waals surface area contributed by atoms with Gasteiger partial charge >= 0.3 is 12.4 Å². The van der Waals surface area contributed by atoms with Crippen molar-refractivity contribution in [1.29, 1.82) is 0 Å². The standard InChI is InChI=1S/C21H11F6N5.H3N/c22-20(23,24)15-6-4-13(5-7-15)16-9-17(21(25,26)27)32-19(31-16)14(11-30-32)3-1-12-2-8-18(28)29-10-12;/h2,4-11H,(H2,28,29);1H3. The molecule has 1 aromatic carbocycles. The Bertz CT molecular complexity index is 1340. The third kappa shape index (κ3) is 4.88. The molecule has 0 spiro atoms. The lowest BCUT2D eigenvalue weighted by Crippen LogP contribution is -2.13. The van der Waals surface area contributed by atoms with Crippen molar-refractivity contribution in [2.75, 3.05) is 5.73 Å². The van der Waals surface area contributed by atoms with Gasteiger partial charge in [-0.3, -0.25) is 0 Å². The molecular formula is C21H14F6N6. The Kier molecular flexibility index (Phi) is 6.02. The zero-order valence-corrected chi connectivity index (χ0v) is 16.5. The number of hydrogen-bond acceptors (Lipinski definition) is 5. The predicted octanol–water partition coefficient (Wildman–Crippen LogP) is 4.97. The number of rotatable bonds is 1. The van der Waals surface area contributed by atoms with Crippen molar-refractivity contribution in [3.63, 3.8) is 0 Å². The van der Waals surface area contributed by atoms with E-state index in [1.54, 1.807) is 6.07 Å². The average Bonchev–Trinajstić information content (AvgIpc) is 3.14. The van der Waals surface area contributed by atoms with Gasteiger partial charge in [0.2, 0.25) is 0 Å². The van der Waals surface area contributed by atoms with Crippen LogP contribution in [0.5, 0.6) is 0 Å². The highest BCUT2D eigenvalue weighted by atomic mass is 19.4. The Morgan fingerprint density at radius 3 is 2.12 bits per heavy atom. The highest BCUT2D eigenvalue weighted by Crippen LogP contribution is 2.34. The summed E-state index contributed by atoms with van der Waals surface area (Å²) in [6.45, 7) is 0. The number of anilines is 1. The van der Waals surface area contributed by atoms with E-state index in [2.05, 4.69) is 26.9 Å². The van der Waals surface area contributed by atoms with Crippen LogP contribution in [-0.2, 0) is 12.4 Å². The monoisotopic (exact) mass is 464 g/mol. The molecule has 33 heavy (non-hydrogen) atoms. The third-order valence-electron chi connectivity index (χ3n) is 4.40. The van der Waals surface area contributed by atoms with Gasteiger partial charge in [0, 0.05) is 17.3 Å². The number of nitrogens with zero attached hydrogens (tertiary/aromatic N) is 4. The predicted molar refractivity (Wildman–Crippen MR) is 108 cm³/mol. The second kappa shape index (κ2) is 8.44. The molecule has 12 heteroatoms. The maximum Gasteiger partial charge on any atom is 0.433 e. The zero-order chi connectivity index (χ0) is 23.1. The van der Waals surface area contributed by atoms with Gasteiger partial charge in [0.25, 0.3) is 0 Å². The van der Waals surface area contributed by atoms with Crippen LogP contribution in [0, 0.1) is 11.8 Å². The van der Waals surface area contributed by atoms with Crippen LogP contribution in [0.1, 0.15) is 22.4 Å². The first kappa shape index (κ1) is 23.6. The lowest BCUT2D eigenvalue weighted by molar-refractivity contribution is -0.142. The van der Waals surface area contributed by atoms with E-state index in [0.717, 1.165) is 36.5 Å². The van der Waals surface area contributed by atoms with Crippen LogP contribution < -0.4 is 11.9 Å². The molecule has 0 atom stereocenters. The number of hydrogen-bond donors (Lipinski definition) is 2. The minimum absolute atomic E-state index is 0. The SMILES string of the molecule is N.Nc1ccc(C#Cc2cnn3c(C(F)(F)F)cc(-c4ccc(C(F)(F)F)cc4)nc23)cn1. The van der Waals surface area contributed by atoms with E-state index in [0.29, 0.717) is 10.1 Å². The first-order valence-electron chi connectivity index (χ1n) is 8.89. The number of pyridine rings is 1. The second-order valence-corrected chi connectivity index (χ2v) is 6.61. The Morgan fingerprint density at radius 2 is 1.55 bits per heavy atom. The van der Waals surface area contributed by atoms with Crippen molar-refractivity contribution in [2.45, 2.75) is 12.4 Å². The van der Waals surface area contributed by atoms with Gasteiger partial charge in [0.1, 0.15) is 5.82 Å². The van der Waals surface area contributed by atoms with Crippen LogP contribution in [0.2, 0.25) is 0 Å². The topological polar surface area (TPSA) is 104 Å². The molecular weight excluding hydrogens is 450 g/mol. The quantitative estimate of drug-likeness (QED) is 0.306. The van der Waals surface area contributed by atoms with Gasteiger partial charge in [0.15, 0.2) is 11.3 Å². The fourth-order valence-corrected chi connectivity index (χ4v) is 2.85. The number of nitrogen functional groups attached to an aromatic ring is 1. The molecule has 6 nitrogen and oxygen atoms in total. The number of aromatic nitrogens is 4. The molecule has 0 saturated heterocycles. The molecule has 4 rings (SSSR count). The number of alkyl halides is 6. The summed E-state index contributed by atoms with van der Waals surface area (Å²) in [6.07, 6.45) is -6.83. The molecule has 5 N–H and O–H groups in total. The smallest absolute Gasteiger partial charge is 0.384 e. The van der Waals surface area contributed by atoms with E-state index < -0.39 is 23.6 Å². The van der Waals surface area contributed by atoms with Gasteiger partial charge in [-0.15, -0.1) is 0 Å². The summed E-state index contributed by atoms with van der Waals surface area (Å²) < 4.78 is 79.9. The lowest BCUT2D eigenvalue weighted by atomic mass is 10.1. The molecule has 0 saturated carbocycles. The fraction of sp³-hybridized carbons (Fsp3) is 0.0952. The molecule has 0 amide bonds. The van der Waals surface area contributed by atoms with Crippen LogP contribution in [0.3, 0.4) is 0 Å². The number of nitrogens with two attached hydrogens (primary N) is 1. The van der Waals surface area contributed by atoms with E-state index in [1.165, 1.54) is 12.3 Å². The average molecular weight is 464 g/mol. The normalized spacial score (nSPS) is 11.6. The van der Waals surface area contributed by atoms with Gasteiger partial charge < -0.3 is 11.9 Å². The van der Waals surface area contributed by atoms with Crippen LogP contribution >= 0.6 is 0 Å². The summed E-state index contributed by atoms with van der Waals surface area (Å²) in [5, 5.41) is 3.74. The Hall–Kier alpha value is -4.11. The molecule has 0 aliphatic rings. The number of halogens is 6. The van der Waals surface area contributed by atoms with Gasteiger partial charge in [-0.25, -0.2) is 14.5 Å². The van der Waals surface area contributed by atoms with Crippen molar-refractivity contribution in [2.24, 2.45) is 0 Å². The third-order valence-corrected chi connectivity index (χ3v) is 4.40. The van der Waals surface area contributed by atoms with Gasteiger partial charge in [-0.05, 0) is 30.3 Å². The van der Waals surface area contributed by atoms with E-state index in [4.69, 9.17) is 5.73 Å². The summed E-state index contributed by atoms with van der Waals surface area (Å²) in [5.41, 5.74) is 3.72. The van der Waals surface area contributed by atoms with Crippen molar-refractivity contribution in [3.8, 4) is 23.1 Å². The van der Waals surface area contributed by atoms with E-state index in [9.17, 15) is 26.3 Å². The highest BCUT2D eigenvalue weighted by molar-refractivity contribution is 5.67. The maximum atomic E-state index is 13.6. The molecule has 3 heterocycles. The molecule has 0 fully saturated rings.